The van der Waals surface area contributed by atoms with Gasteiger partial charge in [0.25, 0.3) is 0 Å². The van der Waals surface area contributed by atoms with E-state index in [1.54, 1.807) is 26.1 Å². The van der Waals surface area contributed by atoms with Gasteiger partial charge in [-0.25, -0.2) is 4.79 Å². The maximum absolute atomic E-state index is 13.5. The first kappa shape index (κ1) is 20.6. The Labute approximate surface area is 128 Å². The highest BCUT2D eigenvalue weighted by Gasteiger charge is 2.53. The van der Waals surface area contributed by atoms with E-state index in [1.807, 2.05) is 0 Å². The molecule has 1 atom stereocenters. The van der Waals surface area contributed by atoms with Crippen LogP contribution >= 0.6 is 19.2 Å². The summed E-state index contributed by atoms with van der Waals surface area (Å²) in [6.45, 7) is 7.22. The Bertz CT molecular complexity index is 387. The van der Waals surface area contributed by atoms with Crippen molar-refractivity contribution in [1.82, 2.24) is 5.32 Å². The first-order valence-corrected chi connectivity index (χ1v) is 8.29. The van der Waals surface area contributed by atoms with Gasteiger partial charge in [0, 0.05) is 0 Å². The predicted molar refractivity (Wildman–Crippen MR) is 74.8 cm³/mol. The molecule has 0 saturated carbocycles. The normalized spacial score (nSPS) is 14.7. The van der Waals surface area contributed by atoms with Crippen LogP contribution in [-0.4, -0.2) is 36.1 Å². The first-order chi connectivity index (χ1) is 9.35. The third-order valence-electron chi connectivity index (χ3n) is 1.90. The van der Waals surface area contributed by atoms with Crippen molar-refractivity contribution in [3.63, 3.8) is 0 Å². The lowest BCUT2D eigenvalue weighted by molar-refractivity contribution is 0.0298. The summed E-state index contributed by atoms with van der Waals surface area (Å²) in [6.07, 6.45) is -1.20. The van der Waals surface area contributed by atoms with E-state index in [0.29, 0.717) is 0 Å². The first-order valence-electron chi connectivity index (χ1n) is 6.30. The van der Waals surface area contributed by atoms with Crippen LogP contribution in [0.15, 0.2) is 0 Å². The number of rotatable bonds is 7. The lowest BCUT2D eigenvalue weighted by Crippen LogP contribution is -2.47. The molecule has 21 heavy (non-hydrogen) atoms. The van der Waals surface area contributed by atoms with Crippen LogP contribution in [0.1, 0.15) is 34.6 Å². The number of carbonyl (C=O) groups excluding carboxylic acids is 1. The van der Waals surface area contributed by atoms with Crippen molar-refractivity contribution in [2.75, 3.05) is 13.2 Å². The van der Waals surface area contributed by atoms with Crippen LogP contribution in [0, 0.1) is 0 Å². The fourth-order valence-electron chi connectivity index (χ4n) is 1.31. The van der Waals surface area contributed by atoms with Gasteiger partial charge in [-0.05, 0) is 46.2 Å². The van der Waals surface area contributed by atoms with E-state index in [0.717, 1.165) is 0 Å². The summed E-state index contributed by atoms with van der Waals surface area (Å²) < 4.78 is 53.8. The highest BCUT2D eigenvalue weighted by Crippen LogP contribution is 2.57. The predicted octanol–water partition coefficient (Wildman–Crippen LogP) is 3.93. The van der Waals surface area contributed by atoms with Crippen LogP contribution in [0.2, 0.25) is 0 Å². The Kier molecular flexibility index (Phi) is 7.56. The topological polar surface area (TPSA) is 73.9 Å². The van der Waals surface area contributed by atoms with E-state index in [-0.39, 0.29) is 13.2 Å². The van der Waals surface area contributed by atoms with Gasteiger partial charge in [0.1, 0.15) is 5.60 Å². The van der Waals surface area contributed by atoms with Crippen LogP contribution in [0.4, 0.5) is 13.6 Å². The van der Waals surface area contributed by atoms with Gasteiger partial charge in [-0.2, -0.15) is 8.78 Å². The minimum atomic E-state index is -4.36. The summed E-state index contributed by atoms with van der Waals surface area (Å²) >= 11 is 4.93. The Balaban J connectivity index is 5.30. The summed E-state index contributed by atoms with van der Waals surface area (Å²) in [6, 6.07) is 0. The molecule has 6 nitrogen and oxygen atoms in total. The number of halogens is 3. The Morgan fingerprint density at radius 1 is 1.24 bits per heavy atom. The van der Waals surface area contributed by atoms with Crippen LogP contribution in [0.5, 0.6) is 0 Å². The molecule has 1 amide bonds. The van der Waals surface area contributed by atoms with Gasteiger partial charge in [-0.15, -0.1) is 0 Å². The van der Waals surface area contributed by atoms with E-state index < -0.39 is 30.5 Å². The van der Waals surface area contributed by atoms with Crippen molar-refractivity contribution < 1.29 is 31.9 Å². The molecule has 0 aliphatic carbocycles. The molecule has 0 aromatic rings. The summed E-state index contributed by atoms with van der Waals surface area (Å²) in [5.41, 5.74) is -0.919. The van der Waals surface area contributed by atoms with E-state index >= 15 is 0 Å². The average molecular weight is 352 g/mol. The molecule has 1 N–H and O–H groups in total. The quantitative estimate of drug-likeness (QED) is 0.555. The molecule has 0 heterocycles. The smallest absolute Gasteiger partial charge is 0.408 e. The number of amides is 1. The van der Waals surface area contributed by atoms with Crippen LogP contribution < -0.4 is 5.32 Å². The standard InChI is InChI=1S/C11H21ClF2NO5P/c1-6-18-21(17,19-7-2)8(11(12,13)14)15-9(16)20-10(3,4)5/h8H,6-7H2,1-5H3,(H,15,16). The highest BCUT2D eigenvalue weighted by atomic mass is 35.5. The number of nitrogens with one attached hydrogen (secondary N) is 1. The second kappa shape index (κ2) is 7.72. The molecule has 0 aromatic heterocycles. The van der Waals surface area contributed by atoms with Crippen molar-refractivity contribution in [3.05, 3.63) is 0 Å². The Hall–Kier alpha value is -0.430. The van der Waals surface area contributed by atoms with Gasteiger partial charge in [-0.3, -0.25) is 4.57 Å². The number of carbonyl (C=O) groups is 1. The lowest BCUT2D eigenvalue weighted by atomic mass is 10.2. The van der Waals surface area contributed by atoms with Gasteiger partial charge < -0.3 is 19.1 Å². The largest absolute Gasteiger partial charge is 0.444 e. The van der Waals surface area contributed by atoms with E-state index in [9.17, 15) is 18.1 Å². The third kappa shape index (κ3) is 7.40. The SMILES string of the molecule is CCOP(=O)(OCC)C(NC(=O)OC(C)(C)C)C(F)(F)Cl. The molecule has 0 saturated heterocycles. The minimum Gasteiger partial charge on any atom is -0.444 e. The van der Waals surface area contributed by atoms with E-state index in [4.69, 9.17) is 25.4 Å². The summed E-state index contributed by atoms with van der Waals surface area (Å²) in [4.78, 5) is 11.6. The zero-order valence-electron chi connectivity index (χ0n) is 12.6. The summed E-state index contributed by atoms with van der Waals surface area (Å²) in [7, 11) is -4.36. The number of ether oxygens (including phenoxy) is 1. The molecule has 0 aliphatic heterocycles. The second-order valence-corrected chi connectivity index (χ2v) is 7.58. The zero-order chi connectivity index (χ0) is 16.9. The molecule has 126 valence electrons. The van der Waals surface area contributed by atoms with Crippen molar-refractivity contribution in [1.29, 1.82) is 0 Å². The van der Waals surface area contributed by atoms with Crippen LogP contribution in [0.25, 0.3) is 0 Å². The molecule has 0 fully saturated rings. The molecule has 10 heteroatoms. The van der Waals surface area contributed by atoms with E-state index in [1.165, 1.54) is 13.8 Å². The fourth-order valence-corrected chi connectivity index (χ4v) is 3.43. The fraction of sp³-hybridized carbons (Fsp3) is 0.909. The number of hydrogen-bond donors (Lipinski definition) is 1. The Morgan fingerprint density at radius 2 is 1.67 bits per heavy atom. The number of alkyl carbamates (subject to hydrolysis) is 1. The van der Waals surface area contributed by atoms with Crippen LogP contribution in [-0.2, 0) is 18.3 Å². The third-order valence-corrected chi connectivity index (χ3v) is 4.59. The monoisotopic (exact) mass is 351 g/mol. The van der Waals surface area contributed by atoms with Crippen molar-refractivity contribution in [3.8, 4) is 0 Å². The molecule has 0 radical (unpaired) electrons. The molecular formula is C11H21ClF2NO5P. The summed E-state index contributed by atoms with van der Waals surface area (Å²) in [5.74, 6) is -2.36. The van der Waals surface area contributed by atoms with Crippen molar-refractivity contribution in [2.24, 2.45) is 0 Å². The molecule has 0 rings (SSSR count). The van der Waals surface area contributed by atoms with Gasteiger partial charge >= 0.3 is 19.1 Å². The molecule has 0 aromatic carbocycles. The van der Waals surface area contributed by atoms with Gasteiger partial charge in [0.05, 0.1) is 13.2 Å². The van der Waals surface area contributed by atoms with Gasteiger partial charge in [0.15, 0.2) is 0 Å². The average Bonchev–Trinajstić information content (AvgIpc) is 2.22. The van der Waals surface area contributed by atoms with Crippen LogP contribution in [0.3, 0.4) is 0 Å². The van der Waals surface area contributed by atoms with E-state index in [2.05, 4.69) is 0 Å². The molecule has 1 unspecified atom stereocenters. The Morgan fingerprint density at radius 3 is 1.95 bits per heavy atom. The van der Waals surface area contributed by atoms with Crippen molar-refractivity contribution in [2.45, 2.75) is 51.4 Å². The maximum atomic E-state index is 13.5. The molecule has 0 spiro atoms. The minimum absolute atomic E-state index is 0.156. The van der Waals surface area contributed by atoms with Gasteiger partial charge in [-0.1, -0.05) is 0 Å². The lowest BCUT2D eigenvalue weighted by Gasteiger charge is -2.30. The summed E-state index contributed by atoms with van der Waals surface area (Å²) in [5, 5.41) is -2.28. The van der Waals surface area contributed by atoms with Gasteiger partial charge in [0.2, 0.25) is 5.78 Å². The number of hydrogen-bond acceptors (Lipinski definition) is 5. The second-order valence-electron chi connectivity index (χ2n) is 4.97. The molecule has 0 bridgehead atoms. The maximum Gasteiger partial charge on any atom is 0.408 e. The zero-order valence-corrected chi connectivity index (χ0v) is 14.3. The number of alkyl halides is 3. The molecule has 0 aliphatic rings. The van der Waals surface area contributed by atoms with Crippen molar-refractivity contribution >= 4 is 25.3 Å². The highest BCUT2D eigenvalue weighted by molar-refractivity contribution is 7.54. The molecular weight excluding hydrogens is 331 g/mol.